The molecule has 0 radical (unpaired) electrons. The third-order valence-electron chi connectivity index (χ3n) is 2.95. The van der Waals surface area contributed by atoms with E-state index < -0.39 is 0 Å². The van der Waals surface area contributed by atoms with E-state index in [1.54, 1.807) is 0 Å². The summed E-state index contributed by atoms with van der Waals surface area (Å²) in [5, 5.41) is 11.8. The number of nitrogens with zero attached hydrogens (tertiary/aromatic N) is 4. The van der Waals surface area contributed by atoms with Crippen molar-refractivity contribution in [2.45, 2.75) is 58.3 Å². The van der Waals surface area contributed by atoms with Gasteiger partial charge in [0.1, 0.15) is 0 Å². The van der Waals surface area contributed by atoms with Crippen LogP contribution in [0.5, 0.6) is 0 Å². The van der Waals surface area contributed by atoms with Crippen molar-refractivity contribution in [3.8, 4) is 0 Å². The monoisotopic (exact) mass is 254 g/mol. The Morgan fingerprint density at radius 1 is 1.39 bits per heavy atom. The average Bonchev–Trinajstić information content (AvgIpc) is 2.78. The first-order valence-corrected chi connectivity index (χ1v) is 6.57. The van der Waals surface area contributed by atoms with Gasteiger partial charge >= 0.3 is 0 Å². The lowest BCUT2D eigenvalue weighted by Gasteiger charge is -2.23. The van der Waals surface area contributed by atoms with E-state index in [-0.39, 0.29) is 11.7 Å². The number of tetrazole rings is 1. The molecule has 1 atom stereocenters. The fraction of sp³-hybridized carbons (Fsp3) is 0.917. The smallest absolute Gasteiger partial charge is 0.157 e. The maximum absolute atomic E-state index is 5.69. The van der Waals surface area contributed by atoms with Gasteiger partial charge in [0, 0.05) is 12.0 Å². The molecule has 6 heteroatoms. The summed E-state index contributed by atoms with van der Waals surface area (Å²) in [7, 11) is 0. The SMILES string of the molecule is CC(C)(C)c1nnnn1CCO[C@@H]1CCCCO1. The highest BCUT2D eigenvalue weighted by Crippen LogP contribution is 2.18. The van der Waals surface area contributed by atoms with E-state index in [1.165, 1.54) is 6.42 Å². The Balaban J connectivity index is 1.81. The van der Waals surface area contributed by atoms with E-state index in [0.29, 0.717) is 13.2 Å². The molecule has 18 heavy (non-hydrogen) atoms. The number of ether oxygens (including phenoxy) is 2. The Kier molecular flexibility index (Phi) is 4.29. The van der Waals surface area contributed by atoms with Crippen molar-refractivity contribution >= 4 is 0 Å². The van der Waals surface area contributed by atoms with Gasteiger partial charge in [-0.3, -0.25) is 0 Å². The van der Waals surface area contributed by atoms with Crippen LogP contribution < -0.4 is 0 Å². The third kappa shape index (κ3) is 3.49. The van der Waals surface area contributed by atoms with Crippen LogP contribution in [0.15, 0.2) is 0 Å². The van der Waals surface area contributed by atoms with Gasteiger partial charge in [0.2, 0.25) is 0 Å². The first-order valence-electron chi connectivity index (χ1n) is 6.57. The summed E-state index contributed by atoms with van der Waals surface area (Å²) >= 11 is 0. The van der Waals surface area contributed by atoms with Gasteiger partial charge in [-0.2, -0.15) is 0 Å². The quantitative estimate of drug-likeness (QED) is 0.815. The number of hydrogen-bond acceptors (Lipinski definition) is 5. The van der Waals surface area contributed by atoms with Crippen molar-refractivity contribution in [2.75, 3.05) is 13.2 Å². The minimum atomic E-state index is -0.0508. The van der Waals surface area contributed by atoms with Crippen LogP contribution in [-0.4, -0.2) is 39.7 Å². The van der Waals surface area contributed by atoms with Gasteiger partial charge in [-0.05, 0) is 29.7 Å². The van der Waals surface area contributed by atoms with Gasteiger partial charge in [-0.1, -0.05) is 20.8 Å². The number of aromatic nitrogens is 4. The molecule has 0 aromatic carbocycles. The Bertz CT molecular complexity index is 366. The van der Waals surface area contributed by atoms with Crippen molar-refractivity contribution in [3.63, 3.8) is 0 Å². The van der Waals surface area contributed by atoms with E-state index in [1.807, 2.05) is 4.68 Å². The number of rotatable bonds is 4. The fourth-order valence-corrected chi connectivity index (χ4v) is 2.01. The average molecular weight is 254 g/mol. The minimum absolute atomic E-state index is 0.0479. The molecule has 0 bridgehead atoms. The number of hydrogen-bond donors (Lipinski definition) is 0. The highest BCUT2D eigenvalue weighted by Gasteiger charge is 2.22. The van der Waals surface area contributed by atoms with Gasteiger partial charge in [-0.15, -0.1) is 5.10 Å². The predicted molar refractivity (Wildman–Crippen MR) is 66.1 cm³/mol. The highest BCUT2D eigenvalue weighted by molar-refractivity contribution is 4.98. The van der Waals surface area contributed by atoms with Crippen LogP contribution in [0.2, 0.25) is 0 Å². The molecule has 1 aliphatic rings. The molecule has 0 unspecified atom stereocenters. The molecule has 0 saturated carbocycles. The fourth-order valence-electron chi connectivity index (χ4n) is 2.01. The maximum Gasteiger partial charge on any atom is 0.157 e. The van der Waals surface area contributed by atoms with Crippen LogP contribution in [0.1, 0.15) is 45.9 Å². The van der Waals surface area contributed by atoms with Crippen molar-refractivity contribution in [1.82, 2.24) is 20.2 Å². The molecule has 0 N–H and O–H groups in total. The molecule has 102 valence electrons. The summed E-state index contributed by atoms with van der Waals surface area (Å²) in [5.41, 5.74) is -0.0508. The van der Waals surface area contributed by atoms with Crippen molar-refractivity contribution in [1.29, 1.82) is 0 Å². The summed E-state index contributed by atoms with van der Waals surface area (Å²) in [5.74, 6) is 0.885. The van der Waals surface area contributed by atoms with E-state index >= 15 is 0 Å². The van der Waals surface area contributed by atoms with Gasteiger partial charge in [0.25, 0.3) is 0 Å². The molecule has 1 aromatic rings. The normalized spacial score (nSPS) is 21.2. The Hall–Kier alpha value is -1.01. The summed E-state index contributed by atoms with van der Waals surface area (Å²) in [4.78, 5) is 0. The van der Waals surface area contributed by atoms with Crippen LogP contribution in [0.3, 0.4) is 0 Å². The van der Waals surface area contributed by atoms with Crippen LogP contribution >= 0.6 is 0 Å². The van der Waals surface area contributed by atoms with E-state index in [0.717, 1.165) is 25.3 Å². The minimum Gasteiger partial charge on any atom is -0.353 e. The van der Waals surface area contributed by atoms with Crippen LogP contribution in [-0.2, 0) is 21.4 Å². The lowest BCUT2D eigenvalue weighted by molar-refractivity contribution is -0.164. The van der Waals surface area contributed by atoms with E-state index in [4.69, 9.17) is 9.47 Å². The largest absolute Gasteiger partial charge is 0.353 e. The Labute approximate surface area is 108 Å². The first kappa shape index (κ1) is 13.4. The zero-order chi connectivity index (χ0) is 13.0. The van der Waals surface area contributed by atoms with Gasteiger partial charge in [0.15, 0.2) is 12.1 Å². The zero-order valence-electron chi connectivity index (χ0n) is 11.4. The van der Waals surface area contributed by atoms with Crippen molar-refractivity contribution in [3.05, 3.63) is 5.82 Å². The molecule has 2 rings (SSSR count). The standard InChI is InChI=1S/C12H22N4O2/c1-12(2,3)11-13-14-15-16(11)7-9-18-10-6-4-5-8-17-10/h10H,4-9H2,1-3H3/t10-/m1/s1. The molecule has 1 aromatic heterocycles. The molecule has 0 aliphatic carbocycles. The van der Waals surface area contributed by atoms with Crippen LogP contribution in [0.4, 0.5) is 0 Å². The molecular formula is C12H22N4O2. The third-order valence-corrected chi connectivity index (χ3v) is 2.95. The Morgan fingerprint density at radius 3 is 2.89 bits per heavy atom. The lowest BCUT2D eigenvalue weighted by atomic mass is 9.96. The summed E-state index contributed by atoms with van der Waals surface area (Å²) in [6.07, 6.45) is 3.26. The van der Waals surface area contributed by atoms with E-state index in [9.17, 15) is 0 Å². The molecule has 0 amide bonds. The topological polar surface area (TPSA) is 62.1 Å². The van der Waals surface area contributed by atoms with E-state index in [2.05, 4.69) is 36.3 Å². The molecule has 0 spiro atoms. The highest BCUT2D eigenvalue weighted by atomic mass is 16.7. The maximum atomic E-state index is 5.69. The lowest BCUT2D eigenvalue weighted by Crippen LogP contribution is -2.26. The molecule has 6 nitrogen and oxygen atoms in total. The summed E-state index contributed by atoms with van der Waals surface area (Å²) < 4.78 is 13.0. The Morgan fingerprint density at radius 2 is 2.22 bits per heavy atom. The second kappa shape index (κ2) is 5.75. The second-order valence-corrected chi connectivity index (χ2v) is 5.64. The molecule has 2 heterocycles. The van der Waals surface area contributed by atoms with Gasteiger partial charge < -0.3 is 9.47 Å². The zero-order valence-corrected chi connectivity index (χ0v) is 11.4. The van der Waals surface area contributed by atoms with Crippen molar-refractivity contribution in [2.24, 2.45) is 0 Å². The summed E-state index contributed by atoms with van der Waals surface area (Å²) in [6.45, 7) is 8.35. The van der Waals surface area contributed by atoms with Crippen LogP contribution in [0.25, 0.3) is 0 Å². The molecule has 1 aliphatic heterocycles. The molecule has 1 saturated heterocycles. The van der Waals surface area contributed by atoms with Crippen molar-refractivity contribution < 1.29 is 9.47 Å². The molecule has 1 fully saturated rings. The van der Waals surface area contributed by atoms with Gasteiger partial charge in [0.05, 0.1) is 13.2 Å². The first-order chi connectivity index (χ1) is 8.57. The predicted octanol–water partition coefficient (Wildman–Crippen LogP) is 1.51. The van der Waals surface area contributed by atoms with Gasteiger partial charge in [-0.25, -0.2) is 4.68 Å². The molecular weight excluding hydrogens is 232 g/mol. The summed E-state index contributed by atoms with van der Waals surface area (Å²) in [6, 6.07) is 0. The second-order valence-electron chi connectivity index (χ2n) is 5.64. The van der Waals surface area contributed by atoms with Crippen LogP contribution in [0, 0.1) is 0 Å².